The van der Waals surface area contributed by atoms with Crippen molar-refractivity contribution in [2.24, 2.45) is 0 Å². The van der Waals surface area contributed by atoms with Gasteiger partial charge in [-0.25, -0.2) is 0 Å². The molecule has 36 rings (SSSR count). The van der Waals surface area contributed by atoms with E-state index in [0.717, 1.165) is 33.4 Å². The van der Waals surface area contributed by atoms with Gasteiger partial charge in [0.25, 0.3) is 0 Å². The minimum atomic E-state index is -1.49. The van der Waals surface area contributed by atoms with Crippen LogP contribution in [0.3, 0.4) is 0 Å². The van der Waals surface area contributed by atoms with Crippen LogP contribution in [0, 0.1) is 0 Å². The maximum absolute atomic E-state index is 7.87. The lowest BCUT2D eigenvalue weighted by atomic mass is 9.80. The number of hydrogen-bond donors (Lipinski definition) is 0. The van der Waals surface area contributed by atoms with Gasteiger partial charge in [-0.15, -0.1) is 0 Å². The molecule has 40 atom stereocenters. The van der Waals surface area contributed by atoms with Gasteiger partial charge in [-0.3, -0.25) is 0 Å². The largest absolute Gasteiger partial charge is 0.382 e. The zero-order valence-corrected chi connectivity index (χ0v) is 88.4. The third-order valence-corrected chi connectivity index (χ3v) is 29.4. The van der Waals surface area contributed by atoms with Crippen LogP contribution in [0.5, 0.6) is 0 Å². The molecular formula is C108H152O40. The van der Waals surface area contributed by atoms with Crippen molar-refractivity contribution in [3.8, 4) is 0 Å². The van der Waals surface area contributed by atoms with E-state index in [9.17, 15) is 0 Å². The average molecular weight is 2090 g/mol. The Hall–Kier alpha value is -6.28. The molecule has 0 saturated carbocycles. The summed E-state index contributed by atoms with van der Waals surface area (Å²) in [4.78, 5) is 0. The van der Waals surface area contributed by atoms with E-state index in [4.69, 9.17) is 189 Å². The Balaban J connectivity index is 0.874. The summed E-state index contributed by atoms with van der Waals surface area (Å²) in [6.45, 7) is -1.18. The molecule has 30 saturated heterocycles. The summed E-state index contributed by atoms with van der Waals surface area (Å²) in [5, 5.41) is 0. The first-order chi connectivity index (χ1) is 72.4. The van der Waals surface area contributed by atoms with E-state index in [-0.39, 0.29) is 52.9 Å². The molecule has 824 valence electrons. The van der Waals surface area contributed by atoms with Crippen molar-refractivity contribution in [3.05, 3.63) is 215 Å². The molecule has 0 spiro atoms. The van der Waals surface area contributed by atoms with Crippen molar-refractivity contribution in [2.45, 2.75) is 257 Å². The van der Waals surface area contributed by atoms with Crippen LogP contribution in [0.1, 0.15) is 33.4 Å². The van der Waals surface area contributed by atoms with E-state index < -0.39 is 257 Å². The van der Waals surface area contributed by atoms with Crippen LogP contribution in [0.2, 0.25) is 0 Å². The number of benzene rings is 6. The Kier molecular flexibility index (Phi) is 43.7. The second-order valence-corrected chi connectivity index (χ2v) is 37.3. The van der Waals surface area contributed by atoms with Crippen molar-refractivity contribution in [1.29, 1.82) is 0 Å². The summed E-state index contributed by atoms with van der Waals surface area (Å²) >= 11 is 0. The quantitative estimate of drug-likeness (QED) is 0.0349. The van der Waals surface area contributed by atoms with Gasteiger partial charge in [0.15, 0.2) is 50.3 Å². The summed E-state index contributed by atoms with van der Waals surface area (Å²) in [6.07, 6.45) is -46.6. The van der Waals surface area contributed by atoms with Crippen LogP contribution >= 0.6 is 0 Å². The molecule has 40 heteroatoms. The fourth-order valence-corrected chi connectivity index (χ4v) is 22.6. The van der Waals surface area contributed by atoms with E-state index in [1.165, 1.54) is 142 Å². The maximum Gasteiger partial charge on any atom is 0.187 e. The fourth-order valence-electron chi connectivity index (χ4n) is 22.6. The second-order valence-electron chi connectivity index (χ2n) is 37.3. The van der Waals surface area contributed by atoms with E-state index in [1.807, 2.05) is 182 Å². The highest BCUT2D eigenvalue weighted by molar-refractivity contribution is 5.49. The Bertz CT molecular complexity index is 4400. The molecule has 0 radical (unpaired) electrons. The second kappa shape index (κ2) is 55.9. The smallest absolute Gasteiger partial charge is 0.187 e. The predicted octanol–water partition coefficient (Wildman–Crippen LogP) is 7.02. The lowest BCUT2D eigenvalue weighted by Crippen LogP contribution is -2.70. The first-order valence-corrected chi connectivity index (χ1v) is 49.9. The Morgan fingerprint density at radius 1 is 0.149 bits per heavy atom. The summed E-state index contributed by atoms with van der Waals surface area (Å²) in [5.41, 5.74) is 1.94. The third kappa shape index (κ3) is 24.4. The minimum Gasteiger partial charge on any atom is -0.382 e. The third-order valence-electron chi connectivity index (χ3n) is 29.4. The molecule has 0 aromatic heterocycles. The number of rotatable bonds is 40. The molecule has 6 aromatic carbocycles. The van der Waals surface area contributed by atoms with Gasteiger partial charge >= 0.3 is 0 Å². The van der Waals surface area contributed by atoms with Gasteiger partial charge < -0.3 is 189 Å². The molecule has 0 N–H and O–H groups in total. The molecule has 0 amide bonds. The number of ether oxygens (including phenoxy) is 40. The zero-order valence-electron chi connectivity index (χ0n) is 88.4. The standard InChI is InChI=1S/C108H152O40/c1-109-53-67-75-83(115-7)92(124-16)100(134-67)143-77-69(55-111-3)136-102(94(126-18)85(77)117-9)145-79-71(57-113-5)138-104(96(128-20)87(79)119-11)147-81-73(59-131-107(61-41-29-23-30-42-61,62-43-31-24-32-44-62)63-45-33-25-34-46-63)140-106(98(130-22)89(81)121-13)148-82-74(60-132-108(64-47-35-26-36-48-64,65-49-37-27-38-50-65)66-51-39-28-40-52-66)139-105(97(129-21)90(82)122-14)146-80-72(58-114-6)137-103(95(127-19)88(80)120-12)144-78-70(56-112-4)135-101(93(125-17)86(78)118-10)142-76-68(54-110-2)133-99(141-75)91(123-15)84(76)116-8/h23-52,67-106H,53-60H2,1-22H3/t67-,68-,69-,70-,71-,72-,73-,74-,75-,76-,77-,78-,79-,80-,81-,82-,83+,84+,85+,86+,87+,88+,89+,90+,91-,92-,93-,94-,95-,96-,97-,98-,99-,100-,101-,102-,103-,104-,105-,106-/m1/s1. The fraction of sp³-hybridized carbons (Fsp3) is 0.667. The van der Waals surface area contributed by atoms with Crippen molar-refractivity contribution < 1.29 is 189 Å². The van der Waals surface area contributed by atoms with Crippen LogP contribution in [0.15, 0.2) is 182 Å². The molecule has 0 aliphatic carbocycles. The normalized spacial score (nSPS) is 37.8. The van der Waals surface area contributed by atoms with Crippen molar-refractivity contribution >= 4 is 0 Å². The van der Waals surface area contributed by atoms with E-state index in [1.54, 1.807) is 14.2 Å². The van der Waals surface area contributed by atoms with Crippen LogP contribution in [0.4, 0.5) is 0 Å². The predicted molar refractivity (Wildman–Crippen MR) is 523 cm³/mol. The Labute approximate surface area is 866 Å². The van der Waals surface area contributed by atoms with Crippen molar-refractivity contribution in [1.82, 2.24) is 0 Å². The van der Waals surface area contributed by atoms with Crippen LogP contribution in [-0.2, 0) is 201 Å². The maximum atomic E-state index is 7.87. The topological polar surface area (TPSA) is 369 Å². The molecule has 30 aliphatic rings. The van der Waals surface area contributed by atoms with Crippen molar-refractivity contribution in [2.75, 3.05) is 209 Å². The first-order valence-electron chi connectivity index (χ1n) is 49.9. The van der Waals surface area contributed by atoms with Gasteiger partial charge in [-0.1, -0.05) is 182 Å². The summed E-state index contributed by atoms with van der Waals surface area (Å²) in [7, 11) is 33.4. The Morgan fingerprint density at radius 2 is 0.264 bits per heavy atom. The average Bonchev–Trinajstić information content (AvgIpc) is 0.780. The van der Waals surface area contributed by atoms with Gasteiger partial charge in [-0.2, -0.15) is 0 Å². The minimum absolute atomic E-state index is 0.0828. The molecule has 30 heterocycles. The van der Waals surface area contributed by atoms with Gasteiger partial charge in [-0.05, 0) is 33.4 Å². The monoisotopic (exact) mass is 2090 g/mol. The SMILES string of the molecule is COC[C@H]1O[C@@H]2O[C@H]3[C@H](OC)[C@@H](OC)[C@@H](O[C@H]4[C@H](OC)[C@@H](OC)[C@@H](O[C@H]5[C@H](OC)[C@@H](OC)[C@@H](O[C@H]6[C@H](OC)[C@@H](OC)[C@@H](O[C@H]7[C@H](OC)[C@@H](OC)[C@@H](O[C@H]8[C@H](OC)[C@@H](OC)[C@@H](O[C@H]9[C@H](OC)[C@@H](OC)[C@@H](O[C@H]1[C@H](OC)[C@H]2OC)O[C@@H]9COC)O[C@@H]8COC)O[C@@H]7COC)O[C@@H]6COC(c1ccccc1)(c1ccccc1)c1ccccc1)O[C@@H]5COC(c1ccccc1)(c1ccccc1)c1ccccc1)O[C@@H]4COC)O[C@@H]3COC. The molecule has 6 aromatic rings. The molecule has 16 bridgehead atoms. The highest BCUT2D eigenvalue weighted by Crippen LogP contribution is 2.49. The van der Waals surface area contributed by atoms with E-state index >= 15 is 0 Å². The van der Waals surface area contributed by atoms with Crippen molar-refractivity contribution in [3.63, 3.8) is 0 Å². The molecular weight excluding hydrogens is 1940 g/mol. The Morgan fingerprint density at radius 3 is 0.372 bits per heavy atom. The van der Waals surface area contributed by atoms with E-state index in [2.05, 4.69) is 0 Å². The van der Waals surface area contributed by atoms with Gasteiger partial charge in [0.05, 0.1) is 52.9 Å². The van der Waals surface area contributed by atoms with Crippen LogP contribution in [-0.4, -0.2) is 455 Å². The highest BCUT2D eigenvalue weighted by Gasteiger charge is 2.64. The van der Waals surface area contributed by atoms with Gasteiger partial charge in [0.1, 0.15) is 207 Å². The molecule has 148 heavy (non-hydrogen) atoms. The number of methoxy groups -OCH3 is 22. The van der Waals surface area contributed by atoms with Gasteiger partial charge in [0.2, 0.25) is 0 Å². The lowest BCUT2D eigenvalue weighted by molar-refractivity contribution is -0.410. The molecule has 30 fully saturated rings. The highest BCUT2D eigenvalue weighted by atomic mass is 16.8. The van der Waals surface area contributed by atoms with Gasteiger partial charge in [0, 0.05) is 156 Å². The van der Waals surface area contributed by atoms with Crippen LogP contribution in [0.25, 0.3) is 0 Å². The zero-order chi connectivity index (χ0) is 105. The summed E-state index contributed by atoms with van der Waals surface area (Å²) < 4.78 is 275. The number of hydrogen-bond acceptors (Lipinski definition) is 40. The first kappa shape index (κ1) is 116. The molecule has 40 nitrogen and oxygen atoms in total. The summed E-state index contributed by atoms with van der Waals surface area (Å²) in [5.74, 6) is 0. The summed E-state index contributed by atoms with van der Waals surface area (Å²) in [6, 6.07) is 59.6. The molecule has 0 unspecified atom stereocenters. The van der Waals surface area contributed by atoms with E-state index in [0.29, 0.717) is 0 Å². The lowest BCUT2D eigenvalue weighted by Gasteiger charge is -2.53. The molecule has 30 aliphatic heterocycles. The van der Waals surface area contributed by atoms with Crippen LogP contribution < -0.4 is 0 Å².